The van der Waals surface area contributed by atoms with Gasteiger partial charge in [-0.1, -0.05) is 72.8 Å². The molecule has 4 rings (SSSR count). The van der Waals surface area contributed by atoms with E-state index < -0.39 is 16.1 Å². The number of aliphatic hydroxyl groups excluding tert-OH is 1. The van der Waals surface area contributed by atoms with Gasteiger partial charge in [0.15, 0.2) is 0 Å². The lowest BCUT2D eigenvalue weighted by molar-refractivity contribution is -0.141. The number of rotatable bonds is 14. The molecule has 1 fully saturated rings. The summed E-state index contributed by atoms with van der Waals surface area (Å²) in [6, 6.07) is 24.9. The zero-order valence-corrected chi connectivity index (χ0v) is 22.6. The zero-order chi connectivity index (χ0) is 27.7. The first-order valence-corrected chi connectivity index (χ1v) is 14.7. The Hall–Kier alpha value is -3.53. The standard InChI is InChI=1S/C30H35N3O5S/c34-20-19-31-30(36)28(21-24-7-3-1-4-8-24)33(22-25-9-5-2-6-10-25)29(35)18-13-23-11-16-27(17-12-23)39(37,38)32-26-14-15-26/h1-12,16-17,26,28,32,34H,13-15,18-22H2,(H,31,36)/t28-/m1/s1. The molecular formula is C30H35N3O5S. The molecule has 2 amide bonds. The third kappa shape index (κ3) is 8.48. The van der Waals surface area contributed by atoms with Crippen molar-refractivity contribution >= 4 is 21.8 Å². The van der Waals surface area contributed by atoms with Crippen molar-refractivity contribution in [1.82, 2.24) is 14.9 Å². The van der Waals surface area contributed by atoms with Crippen LogP contribution in [0.15, 0.2) is 89.8 Å². The second kappa shape index (κ2) is 13.5. The Bertz CT molecular complexity index is 1330. The van der Waals surface area contributed by atoms with E-state index in [0.29, 0.717) is 12.8 Å². The highest BCUT2D eigenvalue weighted by molar-refractivity contribution is 7.89. The van der Waals surface area contributed by atoms with Gasteiger partial charge in [0.1, 0.15) is 6.04 Å². The lowest BCUT2D eigenvalue weighted by Gasteiger charge is -2.31. The van der Waals surface area contributed by atoms with Gasteiger partial charge in [0.2, 0.25) is 21.8 Å². The van der Waals surface area contributed by atoms with Crippen LogP contribution in [0.4, 0.5) is 0 Å². The van der Waals surface area contributed by atoms with E-state index >= 15 is 0 Å². The van der Waals surface area contributed by atoms with Crippen molar-refractivity contribution in [1.29, 1.82) is 0 Å². The van der Waals surface area contributed by atoms with Crippen molar-refractivity contribution in [3.63, 3.8) is 0 Å². The van der Waals surface area contributed by atoms with Gasteiger partial charge in [-0.2, -0.15) is 0 Å². The molecule has 9 heteroatoms. The maximum absolute atomic E-state index is 13.7. The number of carbonyl (C=O) groups excluding carboxylic acids is 2. The van der Waals surface area contributed by atoms with Crippen molar-refractivity contribution in [2.75, 3.05) is 13.2 Å². The summed E-state index contributed by atoms with van der Waals surface area (Å²) in [6.07, 6.45) is 2.61. The van der Waals surface area contributed by atoms with Crippen LogP contribution in [0.3, 0.4) is 0 Å². The van der Waals surface area contributed by atoms with E-state index in [4.69, 9.17) is 0 Å². The van der Waals surface area contributed by atoms with Gasteiger partial charge in [0.05, 0.1) is 11.5 Å². The molecule has 0 spiro atoms. The lowest BCUT2D eigenvalue weighted by Crippen LogP contribution is -2.51. The summed E-state index contributed by atoms with van der Waals surface area (Å²) in [5.41, 5.74) is 2.65. The average molecular weight is 550 g/mol. The van der Waals surface area contributed by atoms with Gasteiger partial charge < -0.3 is 15.3 Å². The number of nitrogens with zero attached hydrogens (tertiary/aromatic N) is 1. The molecule has 0 radical (unpaired) electrons. The van der Waals surface area contributed by atoms with Crippen LogP contribution in [-0.2, 0) is 39.0 Å². The smallest absolute Gasteiger partial charge is 0.243 e. The Kier molecular flexibility index (Phi) is 9.86. The first-order valence-electron chi connectivity index (χ1n) is 13.2. The highest BCUT2D eigenvalue weighted by Crippen LogP contribution is 2.23. The molecule has 1 aliphatic rings. The zero-order valence-electron chi connectivity index (χ0n) is 21.8. The number of nitrogens with one attached hydrogen (secondary N) is 2. The van der Waals surface area contributed by atoms with Gasteiger partial charge in [-0.3, -0.25) is 9.59 Å². The molecule has 0 aromatic heterocycles. The number of benzene rings is 3. The Labute approximate surface area is 230 Å². The quantitative estimate of drug-likeness (QED) is 0.286. The first kappa shape index (κ1) is 28.5. The monoisotopic (exact) mass is 549 g/mol. The largest absolute Gasteiger partial charge is 0.395 e. The van der Waals surface area contributed by atoms with E-state index in [1.807, 2.05) is 60.7 Å². The van der Waals surface area contributed by atoms with E-state index in [9.17, 15) is 23.1 Å². The van der Waals surface area contributed by atoms with E-state index in [1.165, 1.54) is 0 Å². The van der Waals surface area contributed by atoms with E-state index in [-0.39, 0.29) is 48.9 Å². The number of hydrogen-bond donors (Lipinski definition) is 3. The minimum absolute atomic E-state index is 0.0290. The average Bonchev–Trinajstić information content (AvgIpc) is 3.77. The predicted octanol–water partition coefficient (Wildman–Crippen LogP) is 2.81. The highest BCUT2D eigenvalue weighted by atomic mass is 32.2. The number of aliphatic hydroxyl groups is 1. The van der Waals surface area contributed by atoms with Gasteiger partial charge in [-0.25, -0.2) is 13.1 Å². The molecule has 3 aromatic rings. The Balaban J connectivity index is 1.51. The normalized spacial score (nSPS) is 14.0. The number of carbonyl (C=O) groups is 2. The molecule has 1 aliphatic carbocycles. The van der Waals surface area contributed by atoms with Gasteiger partial charge in [0.25, 0.3) is 0 Å². The molecule has 3 aromatic carbocycles. The van der Waals surface area contributed by atoms with Gasteiger partial charge in [-0.15, -0.1) is 0 Å². The fraction of sp³-hybridized carbons (Fsp3) is 0.333. The molecule has 0 unspecified atom stereocenters. The van der Waals surface area contributed by atoms with Crippen LogP contribution < -0.4 is 10.0 Å². The van der Waals surface area contributed by atoms with Crippen LogP contribution in [-0.4, -0.2) is 55.5 Å². The molecule has 8 nitrogen and oxygen atoms in total. The molecule has 0 bridgehead atoms. The molecule has 0 saturated heterocycles. The van der Waals surface area contributed by atoms with Crippen LogP contribution in [0.25, 0.3) is 0 Å². The lowest BCUT2D eigenvalue weighted by atomic mass is 10.0. The maximum Gasteiger partial charge on any atom is 0.243 e. The second-order valence-electron chi connectivity index (χ2n) is 9.77. The summed E-state index contributed by atoms with van der Waals surface area (Å²) in [6.45, 7) is 0.161. The van der Waals surface area contributed by atoms with Crippen LogP contribution in [0.1, 0.15) is 36.0 Å². The summed E-state index contributed by atoms with van der Waals surface area (Å²) >= 11 is 0. The minimum Gasteiger partial charge on any atom is -0.395 e. The van der Waals surface area contributed by atoms with E-state index in [2.05, 4.69) is 10.0 Å². The van der Waals surface area contributed by atoms with Crippen molar-refractivity contribution in [2.45, 2.75) is 55.6 Å². The maximum atomic E-state index is 13.7. The van der Waals surface area contributed by atoms with Gasteiger partial charge in [0, 0.05) is 32.0 Å². The summed E-state index contributed by atoms with van der Waals surface area (Å²) in [5.74, 6) is -0.513. The van der Waals surface area contributed by atoms with Crippen LogP contribution in [0.5, 0.6) is 0 Å². The van der Waals surface area contributed by atoms with E-state index in [1.54, 1.807) is 29.2 Å². The van der Waals surface area contributed by atoms with Gasteiger partial charge in [-0.05, 0) is 48.1 Å². The number of aryl methyl sites for hydroxylation is 1. The first-order chi connectivity index (χ1) is 18.9. The molecular weight excluding hydrogens is 514 g/mol. The Morgan fingerprint density at radius 2 is 1.49 bits per heavy atom. The summed E-state index contributed by atoms with van der Waals surface area (Å²) in [4.78, 5) is 28.7. The van der Waals surface area contributed by atoms with Crippen molar-refractivity contribution in [3.05, 3.63) is 102 Å². The molecule has 206 valence electrons. The van der Waals surface area contributed by atoms with Gasteiger partial charge >= 0.3 is 0 Å². The molecule has 1 saturated carbocycles. The highest BCUT2D eigenvalue weighted by Gasteiger charge is 2.30. The molecule has 3 N–H and O–H groups in total. The molecule has 1 atom stereocenters. The van der Waals surface area contributed by atoms with Crippen LogP contribution >= 0.6 is 0 Å². The second-order valence-corrected chi connectivity index (χ2v) is 11.5. The van der Waals surface area contributed by atoms with Crippen molar-refractivity contribution in [3.8, 4) is 0 Å². The summed E-state index contributed by atoms with van der Waals surface area (Å²) in [5, 5.41) is 12.0. The number of hydrogen-bond acceptors (Lipinski definition) is 5. The van der Waals surface area contributed by atoms with Crippen LogP contribution in [0.2, 0.25) is 0 Å². The molecule has 0 aliphatic heterocycles. The van der Waals surface area contributed by atoms with Crippen molar-refractivity contribution < 1.29 is 23.1 Å². The molecule has 39 heavy (non-hydrogen) atoms. The SMILES string of the molecule is O=C(NCCO)[C@@H](Cc1ccccc1)N(Cc1ccccc1)C(=O)CCc1ccc(S(=O)(=O)NC2CC2)cc1. The predicted molar refractivity (Wildman–Crippen MR) is 149 cm³/mol. The topological polar surface area (TPSA) is 116 Å². The van der Waals surface area contributed by atoms with E-state index in [0.717, 1.165) is 29.5 Å². The fourth-order valence-corrected chi connectivity index (χ4v) is 5.65. The Morgan fingerprint density at radius 1 is 0.872 bits per heavy atom. The fourth-order valence-electron chi connectivity index (χ4n) is 4.35. The third-order valence-corrected chi connectivity index (χ3v) is 8.17. The minimum atomic E-state index is -3.54. The summed E-state index contributed by atoms with van der Waals surface area (Å²) in [7, 11) is -3.54. The third-order valence-electron chi connectivity index (χ3n) is 6.64. The van der Waals surface area contributed by atoms with Crippen LogP contribution in [0, 0.1) is 0 Å². The number of sulfonamides is 1. The van der Waals surface area contributed by atoms with Crippen molar-refractivity contribution in [2.24, 2.45) is 0 Å². The summed E-state index contributed by atoms with van der Waals surface area (Å²) < 4.78 is 27.6. The number of amides is 2. The Morgan fingerprint density at radius 3 is 2.08 bits per heavy atom. The molecule has 0 heterocycles.